The summed E-state index contributed by atoms with van der Waals surface area (Å²) >= 11 is 5.81. The number of morpholine rings is 1. The third-order valence-electron chi connectivity index (χ3n) is 4.22. The molecule has 1 aromatic heterocycles. The van der Waals surface area contributed by atoms with Gasteiger partial charge in [-0.2, -0.15) is 5.26 Å². The summed E-state index contributed by atoms with van der Waals surface area (Å²) in [5.74, 6) is -0.808. The third-order valence-corrected chi connectivity index (χ3v) is 5.51. The first-order chi connectivity index (χ1) is 13.0. The number of nitriles is 1. The molecule has 146 valence electrons. The first-order valence-electron chi connectivity index (χ1n) is 8.77. The Morgan fingerprint density at radius 2 is 2.22 bits per heavy atom. The predicted molar refractivity (Wildman–Crippen MR) is 109 cm³/mol. The van der Waals surface area contributed by atoms with Crippen LogP contribution in [0.5, 0.6) is 0 Å². The molecule has 1 aromatic rings. The molecule has 2 aliphatic rings. The fourth-order valence-electron chi connectivity index (χ4n) is 2.80. The molecule has 2 aliphatic heterocycles. The highest BCUT2D eigenvalue weighted by Crippen LogP contribution is 2.40. The van der Waals surface area contributed by atoms with Gasteiger partial charge in [0.2, 0.25) is 0 Å². The van der Waals surface area contributed by atoms with Crippen molar-refractivity contribution in [1.82, 2.24) is 10.2 Å². The Balaban J connectivity index is 0.000000313. The molecule has 0 aromatic carbocycles. The van der Waals surface area contributed by atoms with Gasteiger partial charge in [0.05, 0.1) is 48.0 Å². The van der Waals surface area contributed by atoms with E-state index in [2.05, 4.69) is 36.0 Å². The number of hydrogen-bond donors (Lipinski definition) is 2. The van der Waals surface area contributed by atoms with Gasteiger partial charge in [-0.1, -0.05) is 6.07 Å². The van der Waals surface area contributed by atoms with Gasteiger partial charge in [-0.25, -0.2) is 4.79 Å². The van der Waals surface area contributed by atoms with Gasteiger partial charge in [0.25, 0.3) is 0 Å². The van der Waals surface area contributed by atoms with Crippen molar-refractivity contribution in [2.45, 2.75) is 19.8 Å². The average molecular weight is 408 g/mol. The molecule has 0 amide bonds. The van der Waals surface area contributed by atoms with Crippen molar-refractivity contribution >= 4 is 29.9 Å². The van der Waals surface area contributed by atoms with E-state index in [1.54, 1.807) is 13.8 Å². The third kappa shape index (κ3) is 5.59. The summed E-state index contributed by atoms with van der Waals surface area (Å²) < 4.78 is 10.2. The van der Waals surface area contributed by atoms with Gasteiger partial charge in [-0.3, -0.25) is 0 Å². The Morgan fingerprint density at radius 3 is 2.70 bits per heavy atom. The zero-order chi connectivity index (χ0) is 19.8. The van der Waals surface area contributed by atoms with Gasteiger partial charge >= 0.3 is 5.97 Å². The van der Waals surface area contributed by atoms with E-state index in [-0.39, 0.29) is 0 Å². The summed E-state index contributed by atoms with van der Waals surface area (Å²) in [6.07, 6.45) is 0. The van der Waals surface area contributed by atoms with Crippen molar-refractivity contribution < 1.29 is 14.3 Å². The first-order valence-corrected chi connectivity index (χ1v) is 10.1. The predicted octanol–water partition coefficient (Wildman–Crippen LogP) is 2.89. The maximum absolute atomic E-state index is 12.2. The molecule has 27 heavy (non-hydrogen) atoms. The lowest BCUT2D eigenvalue weighted by molar-refractivity contribution is -0.138. The number of rotatable bonds is 3. The second-order valence-corrected chi connectivity index (χ2v) is 7.55. The number of allylic oxidation sites excluding steroid dienone is 2. The van der Waals surface area contributed by atoms with E-state index < -0.39 is 11.9 Å². The molecular formula is C19H25N3O3S2. The van der Waals surface area contributed by atoms with Gasteiger partial charge in [0.15, 0.2) is 0 Å². The standard InChI is InChI=1S/C14H14N2O2S2.C5H11NO/c1-3-18-14(17)11-8(2)16-13(19)9(7-15)12(11)10-5-4-6-20-10;1-6-2-4-7-5-3-6/h4-6,12,16,19H,3H2,1-2H3;2-5H2,1H3. The molecule has 3 rings (SSSR count). The Labute approximate surface area is 169 Å². The number of thiophene rings is 1. The van der Waals surface area contributed by atoms with Gasteiger partial charge in [0, 0.05) is 23.7 Å². The van der Waals surface area contributed by atoms with Crippen LogP contribution in [-0.4, -0.2) is 50.8 Å². The number of dihydropyridines is 1. The van der Waals surface area contributed by atoms with E-state index >= 15 is 0 Å². The largest absolute Gasteiger partial charge is 0.463 e. The number of likely N-dealkylation sites (N-methyl/N-ethyl adjacent to an activating group) is 1. The molecule has 1 N–H and O–H groups in total. The maximum atomic E-state index is 12.2. The Kier molecular flexibility index (Phi) is 8.38. The normalized spacial score (nSPS) is 20.3. The monoisotopic (exact) mass is 407 g/mol. The topological polar surface area (TPSA) is 74.6 Å². The lowest BCUT2D eigenvalue weighted by atomic mass is 9.87. The highest BCUT2D eigenvalue weighted by atomic mass is 32.1. The minimum Gasteiger partial charge on any atom is -0.463 e. The molecule has 6 nitrogen and oxygen atoms in total. The van der Waals surface area contributed by atoms with E-state index in [0.717, 1.165) is 31.2 Å². The number of nitrogens with one attached hydrogen (secondary N) is 1. The van der Waals surface area contributed by atoms with Crippen LogP contribution in [0.1, 0.15) is 24.6 Å². The summed E-state index contributed by atoms with van der Waals surface area (Å²) in [7, 11) is 2.11. The minimum absolute atomic E-state index is 0.298. The van der Waals surface area contributed by atoms with Crippen molar-refractivity contribution in [2.24, 2.45) is 0 Å². The van der Waals surface area contributed by atoms with Crippen LogP contribution in [0.2, 0.25) is 0 Å². The summed E-state index contributed by atoms with van der Waals surface area (Å²) in [4.78, 5) is 15.4. The van der Waals surface area contributed by atoms with E-state index in [9.17, 15) is 10.1 Å². The lowest BCUT2D eigenvalue weighted by Crippen LogP contribution is -2.32. The molecule has 3 heterocycles. The van der Waals surface area contributed by atoms with Crippen LogP contribution in [-0.2, 0) is 14.3 Å². The van der Waals surface area contributed by atoms with Crippen LogP contribution in [0.15, 0.2) is 39.4 Å². The van der Waals surface area contributed by atoms with Gasteiger partial charge in [-0.15, -0.1) is 24.0 Å². The number of ether oxygens (including phenoxy) is 2. The number of thiol groups is 1. The van der Waals surface area contributed by atoms with Gasteiger partial charge < -0.3 is 19.7 Å². The van der Waals surface area contributed by atoms with Crippen LogP contribution < -0.4 is 5.32 Å². The van der Waals surface area contributed by atoms with Crippen LogP contribution in [0.4, 0.5) is 0 Å². The van der Waals surface area contributed by atoms with Crippen molar-refractivity contribution in [3.8, 4) is 6.07 Å². The maximum Gasteiger partial charge on any atom is 0.336 e. The van der Waals surface area contributed by atoms with Crippen molar-refractivity contribution in [3.05, 3.63) is 44.3 Å². The summed E-state index contributed by atoms with van der Waals surface area (Å²) in [6.45, 7) is 7.87. The van der Waals surface area contributed by atoms with Gasteiger partial charge in [0.1, 0.15) is 0 Å². The van der Waals surface area contributed by atoms with Crippen molar-refractivity contribution in [3.63, 3.8) is 0 Å². The Morgan fingerprint density at radius 1 is 1.52 bits per heavy atom. The lowest BCUT2D eigenvalue weighted by Gasteiger charge is -2.26. The fourth-order valence-corrected chi connectivity index (χ4v) is 3.99. The molecule has 8 heteroatoms. The summed E-state index contributed by atoms with van der Waals surface area (Å²) in [6, 6.07) is 5.95. The molecular weight excluding hydrogens is 382 g/mol. The van der Waals surface area contributed by atoms with Gasteiger partial charge in [-0.05, 0) is 32.3 Å². The molecule has 0 radical (unpaired) electrons. The number of nitrogens with zero attached hydrogens (tertiary/aromatic N) is 2. The second-order valence-electron chi connectivity index (χ2n) is 6.12. The second kappa shape index (κ2) is 10.5. The number of carbonyl (C=O) groups excluding carboxylic acids is 1. The number of carbonyl (C=O) groups is 1. The molecule has 0 bridgehead atoms. The quantitative estimate of drug-likeness (QED) is 0.593. The van der Waals surface area contributed by atoms with Crippen LogP contribution in [0, 0.1) is 11.3 Å². The highest BCUT2D eigenvalue weighted by Gasteiger charge is 2.35. The average Bonchev–Trinajstić information content (AvgIpc) is 3.17. The molecule has 1 unspecified atom stereocenters. The molecule has 1 atom stereocenters. The zero-order valence-corrected chi connectivity index (χ0v) is 17.5. The number of esters is 1. The molecule has 0 aliphatic carbocycles. The summed E-state index contributed by atoms with van der Waals surface area (Å²) in [5.41, 5.74) is 1.58. The molecule has 0 saturated carbocycles. The van der Waals surface area contributed by atoms with Crippen LogP contribution >= 0.6 is 24.0 Å². The van der Waals surface area contributed by atoms with Crippen molar-refractivity contribution in [2.75, 3.05) is 40.0 Å². The van der Waals surface area contributed by atoms with E-state index in [4.69, 9.17) is 9.47 Å². The fraction of sp³-hybridized carbons (Fsp3) is 0.474. The zero-order valence-electron chi connectivity index (χ0n) is 15.8. The van der Waals surface area contributed by atoms with Crippen LogP contribution in [0.3, 0.4) is 0 Å². The summed E-state index contributed by atoms with van der Waals surface area (Å²) in [5, 5.41) is 14.7. The Bertz CT molecular complexity index is 745. The van der Waals surface area contributed by atoms with E-state index in [0.29, 0.717) is 28.5 Å². The van der Waals surface area contributed by atoms with E-state index in [1.807, 2.05) is 17.5 Å². The van der Waals surface area contributed by atoms with Crippen LogP contribution in [0.25, 0.3) is 0 Å². The smallest absolute Gasteiger partial charge is 0.336 e. The molecule has 1 saturated heterocycles. The molecule has 1 fully saturated rings. The van der Waals surface area contributed by atoms with Crippen molar-refractivity contribution in [1.29, 1.82) is 5.26 Å². The molecule has 0 spiro atoms. The SMILES string of the molecule is CCOC(=O)C1=C(C)NC(S)=C(C#N)C1c1cccs1.CN1CCOCC1. The highest BCUT2D eigenvalue weighted by molar-refractivity contribution is 7.84. The minimum atomic E-state index is -0.409. The van der Waals surface area contributed by atoms with E-state index in [1.165, 1.54) is 11.3 Å². The number of hydrogen-bond acceptors (Lipinski definition) is 8. The first kappa shape index (κ1) is 21.5. The Hall–Kier alpha value is -1.79.